The van der Waals surface area contributed by atoms with E-state index in [0.717, 1.165) is 0 Å². The highest BCUT2D eigenvalue weighted by molar-refractivity contribution is 5.99. The average Bonchev–Trinajstić information content (AvgIpc) is 2.39. The predicted molar refractivity (Wildman–Crippen MR) is 66.5 cm³/mol. The number of carbonyl (C=O) groups is 2. The van der Waals surface area contributed by atoms with Crippen LogP contribution in [0.1, 0.15) is 23.7 Å². The summed E-state index contributed by atoms with van der Waals surface area (Å²) in [5, 5.41) is 0. The van der Waals surface area contributed by atoms with Crippen molar-refractivity contribution in [2.24, 2.45) is 5.73 Å². The zero-order valence-corrected chi connectivity index (χ0v) is 10.5. The number of benzene rings is 1. The van der Waals surface area contributed by atoms with Gasteiger partial charge in [-0.25, -0.2) is 0 Å². The van der Waals surface area contributed by atoms with Crippen LogP contribution in [0, 0.1) is 0 Å². The minimum absolute atomic E-state index is 0.0774. The Hall–Kier alpha value is -1.88. The molecule has 0 aliphatic carbocycles. The molecule has 0 fully saturated rings. The molecule has 0 amide bonds. The standard InChI is InChI=1S/C13H17NO4/c1-3-18-13(16)11(14)8-12(15)9-5-4-6-10(7-9)17-2/h4-7,11H,3,8,14H2,1-2H3. The molecule has 1 unspecified atom stereocenters. The van der Waals surface area contributed by atoms with Gasteiger partial charge in [-0.15, -0.1) is 0 Å². The van der Waals surface area contributed by atoms with Gasteiger partial charge >= 0.3 is 5.97 Å². The molecule has 1 atom stereocenters. The highest BCUT2D eigenvalue weighted by Crippen LogP contribution is 2.14. The van der Waals surface area contributed by atoms with Crippen molar-refractivity contribution in [2.45, 2.75) is 19.4 Å². The fraction of sp³-hybridized carbons (Fsp3) is 0.385. The van der Waals surface area contributed by atoms with E-state index in [4.69, 9.17) is 15.2 Å². The average molecular weight is 251 g/mol. The van der Waals surface area contributed by atoms with Gasteiger partial charge in [-0.05, 0) is 19.1 Å². The maximum absolute atomic E-state index is 11.9. The third kappa shape index (κ3) is 3.85. The van der Waals surface area contributed by atoms with Crippen molar-refractivity contribution in [3.63, 3.8) is 0 Å². The van der Waals surface area contributed by atoms with Crippen LogP contribution >= 0.6 is 0 Å². The van der Waals surface area contributed by atoms with Gasteiger partial charge in [0, 0.05) is 12.0 Å². The number of ether oxygens (including phenoxy) is 2. The molecular weight excluding hydrogens is 234 g/mol. The van der Waals surface area contributed by atoms with Crippen LogP contribution in [0.25, 0.3) is 0 Å². The first-order valence-corrected chi connectivity index (χ1v) is 5.68. The summed E-state index contributed by atoms with van der Waals surface area (Å²) < 4.78 is 9.77. The molecule has 2 N–H and O–H groups in total. The molecule has 0 aliphatic heterocycles. The van der Waals surface area contributed by atoms with Crippen molar-refractivity contribution in [2.75, 3.05) is 13.7 Å². The Balaban J connectivity index is 2.67. The molecule has 0 radical (unpaired) electrons. The minimum Gasteiger partial charge on any atom is -0.497 e. The lowest BCUT2D eigenvalue weighted by atomic mass is 10.0. The molecule has 0 aliphatic rings. The molecular formula is C13H17NO4. The van der Waals surface area contributed by atoms with Gasteiger partial charge in [0.1, 0.15) is 11.8 Å². The van der Waals surface area contributed by atoms with Crippen molar-refractivity contribution in [3.05, 3.63) is 29.8 Å². The van der Waals surface area contributed by atoms with Gasteiger partial charge in [0.05, 0.1) is 13.7 Å². The molecule has 1 rings (SSSR count). The zero-order valence-electron chi connectivity index (χ0n) is 10.5. The van der Waals surface area contributed by atoms with E-state index in [1.165, 1.54) is 7.11 Å². The molecule has 0 saturated carbocycles. The summed E-state index contributed by atoms with van der Waals surface area (Å²) in [4.78, 5) is 23.2. The van der Waals surface area contributed by atoms with Gasteiger partial charge in [-0.1, -0.05) is 12.1 Å². The van der Waals surface area contributed by atoms with Gasteiger partial charge < -0.3 is 15.2 Å². The smallest absolute Gasteiger partial charge is 0.323 e. The van der Waals surface area contributed by atoms with E-state index in [1.54, 1.807) is 31.2 Å². The second-order valence-electron chi connectivity index (χ2n) is 3.72. The molecule has 0 bridgehead atoms. The normalized spacial score (nSPS) is 11.7. The van der Waals surface area contributed by atoms with Crippen LogP contribution in [-0.4, -0.2) is 31.5 Å². The maximum atomic E-state index is 11.9. The molecule has 98 valence electrons. The minimum atomic E-state index is -0.927. The number of esters is 1. The fourth-order valence-electron chi connectivity index (χ4n) is 1.45. The van der Waals surface area contributed by atoms with E-state index in [2.05, 4.69) is 0 Å². The third-order valence-corrected chi connectivity index (χ3v) is 2.39. The van der Waals surface area contributed by atoms with E-state index in [0.29, 0.717) is 11.3 Å². The number of ketones is 1. The summed E-state index contributed by atoms with van der Waals surface area (Å²) >= 11 is 0. The lowest BCUT2D eigenvalue weighted by Crippen LogP contribution is -2.34. The monoisotopic (exact) mass is 251 g/mol. The Morgan fingerprint density at radius 2 is 2.11 bits per heavy atom. The first-order valence-electron chi connectivity index (χ1n) is 5.68. The summed E-state index contributed by atoms with van der Waals surface area (Å²) in [6, 6.07) is 5.79. The number of carbonyl (C=O) groups excluding carboxylic acids is 2. The van der Waals surface area contributed by atoms with Gasteiger partial charge in [0.15, 0.2) is 5.78 Å². The first-order chi connectivity index (χ1) is 8.58. The van der Waals surface area contributed by atoms with Crippen molar-refractivity contribution in [3.8, 4) is 5.75 Å². The van der Waals surface area contributed by atoms with Crippen molar-refractivity contribution >= 4 is 11.8 Å². The first kappa shape index (κ1) is 14.2. The molecule has 5 heteroatoms. The van der Waals surface area contributed by atoms with Crippen LogP contribution in [0.15, 0.2) is 24.3 Å². The number of hydrogen-bond acceptors (Lipinski definition) is 5. The Morgan fingerprint density at radius 3 is 2.72 bits per heavy atom. The number of methoxy groups -OCH3 is 1. The van der Waals surface area contributed by atoms with E-state index < -0.39 is 12.0 Å². The fourth-order valence-corrected chi connectivity index (χ4v) is 1.45. The van der Waals surface area contributed by atoms with Crippen LogP contribution in [0.5, 0.6) is 5.75 Å². The van der Waals surface area contributed by atoms with Crippen LogP contribution in [-0.2, 0) is 9.53 Å². The molecule has 1 aromatic carbocycles. The summed E-state index contributed by atoms with van der Waals surface area (Å²) in [5.74, 6) is -0.186. The molecule has 18 heavy (non-hydrogen) atoms. The Morgan fingerprint density at radius 1 is 1.39 bits per heavy atom. The zero-order chi connectivity index (χ0) is 13.5. The largest absolute Gasteiger partial charge is 0.497 e. The van der Waals surface area contributed by atoms with Crippen molar-refractivity contribution < 1.29 is 19.1 Å². The van der Waals surface area contributed by atoms with Crippen molar-refractivity contribution in [1.82, 2.24) is 0 Å². The van der Waals surface area contributed by atoms with Crippen LogP contribution in [0.2, 0.25) is 0 Å². The SMILES string of the molecule is CCOC(=O)C(N)CC(=O)c1cccc(OC)c1. The molecule has 0 saturated heterocycles. The van der Waals surface area contributed by atoms with Crippen molar-refractivity contribution in [1.29, 1.82) is 0 Å². The summed E-state index contributed by atoms with van der Waals surface area (Å²) in [6.07, 6.45) is -0.0774. The Kier molecular flexibility index (Phi) is 5.32. The Bertz CT molecular complexity index is 431. The topological polar surface area (TPSA) is 78.6 Å². The number of nitrogens with two attached hydrogens (primary N) is 1. The quantitative estimate of drug-likeness (QED) is 0.606. The lowest BCUT2D eigenvalue weighted by Gasteiger charge is -2.10. The molecule has 0 heterocycles. The Labute approximate surface area is 106 Å². The van der Waals surface area contributed by atoms with Gasteiger partial charge in [0.2, 0.25) is 0 Å². The van der Waals surface area contributed by atoms with Gasteiger partial charge in [-0.3, -0.25) is 9.59 Å². The molecule has 1 aromatic rings. The second-order valence-corrected chi connectivity index (χ2v) is 3.72. The van der Waals surface area contributed by atoms with Crippen LogP contribution in [0.3, 0.4) is 0 Å². The third-order valence-electron chi connectivity index (χ3n) is 2.39. The highest BCUT2D eigenvalue weighted by atomic mass is 16.5. The number of rotatable bonds is 6. The van der Waals surface area contributed by atoms with Gasteiger partial charge in [-0.2, -0.15) is 0 Å². The van der Waals surface area contributed by atoms with E-state index >= 15 is 0 Å². The molecule has 0 aromatic heterocycles. The predicted octanol–water partition coefficient (Wildman–Crippen LogP) is 1.16. The van der Waals surface area contributed by atoms with Crippen LogP contribution in [0.4, 0.5) is 0 Å². The highest BCUT2D eigenvalue weighted by Gasteiger charge is 2.19. The molecule has 0 spiro atoms. The second kappa shape index (κ2) is 6.76. The summed E-state index contributed by atoms with van der Waals surface area (Å²) in [5.41, 5.74) is 6.05. The van der Waals surface area contributed by atoms with Gasteiger partial charge in [0.25, 0.3) is 0 Å². The number of Topliss-reactive ketones (excluding diaryl/α,β-unsaturated/α-hetero) is 1. The summed E-state index contributed by atoms with van der Waals surface area (Å²) in [6.45, 7) is 1.94. The summed E-state index contributed by atoms with van der Waals surface area (Å²) in [7, 11) is 1.52. The maximum Gasteiger partial charge on any atom is 0.323 e. The van der Waals surface area contributed by atoms with E-state index in [1.807, 2.05) is 0 Å². The van der Waals surface area contributed by atoms with Crippen LogP contribution < -0.4 is 10.5 Å². The lowest BCUT2D eigenvalue weighted by molar-refractivity contribution is -0.144. The molecule has 5 nitrogen and oxygen atoms in total. The van der Waals surface area contributed by atoms with E-state index in [9.17, 15) is 9.59 Å². The number of hydrogen-bond donors (Lipinski definition) is 1. The van der Waals surface area contributed by atoms with E-state index in [-0.39, 0.29) is 18.8 Å².